The number of anilines is 3. The number of carbonyl (C=O) groups is 1. The van der Waals surface area contributed by atoms with Gasteiger partial charge in [0.2, 0.25) is 0 Å². The van der Waals surface area contributed by atoms with E-state index in [1.807, 2.05) is 24.3 Å². The first kappa shape index (κ1) is 19.3. The van der Waals surface area contributed by atoms with Crippen LogP contribution in [0.3, 0.4) is 0 Å². The third-order valence-corrected chi connectivity index (χ3v) is 4.91. The van der Waals surface area contributed by atoms with Gasteiger partial charge in [0.05, 0.1) is 25.1 Å². The molecule has 0 amide bonds. The molecule has 0 aliphatic carbocycles. The van der Waals surface area contributed by atoms with Crippen molar-refractivity contribution in [3.8, 4) is 0 Å². The Bertz CT molecular complexity index is 973. The Morgan fingerprint density at radius 2 is 1.86 bits per heavy atom. The smallest absolute Gasteiger partial charge is 0.187 e. The van der Waals surface area contributed by atoms with Crippen LogP contribution in [0.1, 0.15) is 16.1 Å². The number of pyridine rings is 1. The molecule has 1 aromatic carbocycles. The van der Waals surface area contributed by atoms with Crippen LogP contribution in [0, 0.1) is 0 Å². The van der Waals surface area contributed by atoms with Crippen molar-refractivity contribution in [3.05, 3.63) is 71.1 Å². The number of halogens is 1. The molecule has 0 unspecified atom stereocenters. The van der Waals surface area contributed by atoms with Crippen molar-refractivity contribution < 1.29 is 9.53 Å². The van der Waals surface area contributed by atoms with E-state index in [1.165, 1.54) is 0 Å². The minimum Gasteiger partial charge on any atom is -0.378 e. The number of Topliss-reactive ketones (excluding diaryl/α,β-unsaturated/α-hetero) is 1. The Morgan fingerprint density at radius 1 is 1.07 bits per heavy atom. The Labute approximate surface area is 173 Å². The summed E-state index contributed by atoms with van der Waals surface area (Å²) in [5, 5.41) is 12.3. The topological polar surface area (TPSA) is 80.2 Å². The molecule has 0 radical (unpaired) electrons. The summed E-state index contributed by atoms with van der Waals surface area (Å²) in [7, 11) is 0. The van der Waals surface area contributed by atoms with Crippen LogP contribution >= 0.6 is 11.6 Å². The van der Waals surface area contributed by atoms with Crippen LogP contribution in [0.25, 0.3) is 0 Å². The minimum absolute atomic E-state index is 0.101. The lowest BCUT2D eigenvalue weighted by atomic mass is 10.1. The van der Waals surface area contributed by atoms with Crippen molar-refractivity contribution in [3.63, 3.8) is 0 Å². The maximum absolute atomic E-state index is 12.7. The van der Waals surface area contributed by atoms with E-state index in [2.05, 4.69) is 25.4 Å². The van der Waals surface area contributed by atoms with Gasteiger partial charge >= 0.3 is 0 Å². The van der Waals surface area contributed by atoms with Crippen molar-refractivity contribution in [2.75, 3.05) is 36.5 Å². The maximum Gasteiger partial charge on any atom is 0.187 e. The number of ether oxygens (including phenoxy) is 1. The van der Waals surface area contributed by atoms with Crippen LogP contribution in [-0.2, 0) is 11.2 Å². The van der Waals surface area contributed by atoms with Gasteiger partial charge in [0.1, 0.15) is 5.69 Å². The molecule has 0 atom stereocenters. The van der Waals surface area contributed by atoms with Crippen LogP contribution in [0.5, 0.6) is 0 Å². The van der Waals surface area contributed by atoms with Gasteiger partial charge in [-0.25, -0.2) is 0 Å². The summed E-state index contributed by atoms with van der Waals surface area (Å²) in [4.78, 5) is 19.0. The molecule has 148 valence electrons. The van der Waals surface area contributed by atoms with Crippen molar-refractivity contribution in [1.29, 1.82) is 0 Å². The Kier molecular flexibility index (Phi) is 5.97. The van der Waals surface area contributed by atoms with E-state index in [0.717, 1.165) is 35.8 Å². The van der Waals surface area contributed by atoms with E-state index in [0.29, 0.717) is 23.9 Å². The van der Waals surface area contributed by atoms with Crippen molar-refractivity contribution >= 4 is 34.6 Å². The number of nitrogens with one attached hydrogen (secondary N) is 1. The summed E-state index contributed by atoms with van der Waals surface area (Å²) in [6.45, 7) is 2.90. The lowest BCUT2D eigenvalue weighted by Gasteiger charge is -2.27. The van der Waals surface area contributed by atoms with Crippen molar-refractivity contribution in [2.45, 2.75) is 6.42 Å². The second-order valence-electron chi connectivity index (χ2n) is 6.64. The lowest BCUT2D eigenvalue weighted by molar-refractivity contribution is 0.0987. The summed E-state index contributed by atoms with van der Waals surface area (Å²) < 4.78 is 5.35. The number of ketones is 1. The van der Waals surface area contributed by atoms with Gasteiger partial charge in [0.25, 0.3) is 0 Å². The summed E-state index contributed by atoms with van der Waals surface area (Å²) in [5.74, 6) is 0.662. The average Bonchev–Trinajstić information content (AvgIpc) is 2.77. The number of aromatic nitrogens is 3. The zero-order chi connectivity index (χ0) is 20.1. The zero-order valence-electron chi connectivity index (χ0n) is 15.7. The summed E-state index contributed by atoms with van der Waals surface area (Å²) in [6.07, 6.45) is 3.57. The van der Waals surface area contributed by atoms with Crippen LogP contribution in [0.4, 0.5) is 17.2 Å². The lowest BCUT2D eigenvalue weighted by Crippen LogP contribution is -2.36. The van der Waals surface area contributed by atoms with Crippen LogP contribution in [0.2, 0.25) is 5.02 Å². The molecule has 29 heavy (non-hydrogen) atoms. The molecule has 0 spiro atoms. The van der Waals surface area contributed by atoms with E-state index in [4.69, 9.17) is 16.3 Å². The third-order valence-electron chi connectivity index (χ3n) is 4.66. The predicted octanol–water partition coefficient (Wildman–Crippen LogP) is 3.53. The van der Waals surface area contributed by atoms with Gasteiger partial charge in [-0.15, -0.1) is 10.2 Å². The van der Waals surface area contributed by atoms with Crippen molar-refractivity contribution in [2.24, 2.45) is 0 Å². The molecular weight excluding hydrogens is 390 g/mol. The van der Waals surface area contributed by atoms with E-state index in [-0.39, 0.29) is 12.2 Å². The molecule has 1 aliphatic rings. The quantitative estimate of drug-likeness (QED) is 0.624. The maximum atomic E-state index is 12.7. The van der Waals surface area contributed by atoms with Gasteiger partial charge in [-0.05, 0) is 48.0 Å². The van der Waals surface area contributed by atoms with Gasteiger partial charge in [-0.3, -0.25) is 9.78 Å². The van der Waals surface area contributed by atoms with Gasteiger partial charge in [-0.2, -0.15) is 0 Å². The second kappa shape index (κ2) is 8.98. The van der Waals surface area contributed by atoms with Crippen LogP contribution in [0.15, 0.2) is 54.9 Å². The molecule has 0 saturated carbocycles. The Morgan fingerprint density at radius 3 is 2.59 bits per heavy atom. The second-order valence-corrected chi connectivity index (χ2v) is 7.08. The normalized spacial score (nSPS) is 13.9. The van der Waals surface area contributed by atoms with E-state index in [1.54, 1.807) is 30.6 Å². The first-order valence-electron chi connectivity index (χ1n) is 9.34. The summed E-state index contributed by atoms with van der Waals surface area (Å²) in [5.41, 5.74) is 2.81. The van der Waals surface area contributed by atoms with E-state index < -0.39 is 0 Å². The third kappa shape index (κ3) is 4.88. The molecule has 2 aromatic heterocycles. The highest BCUT2D eigenvalue weighted by Gasteiger charge is 2.16. The number of benzene rings is 1. The Balaban J connectivity index is 1.46. The standard InChI is InChI=1S/C21H20ClN5O2/c22-16-1-3-17(4-2-16)24-19-14-23-8-7-15(19)13-20(28)18-5-6-21(26-25-18)27-9-11-29-12-10-27/h1-8,14,24H,9-13H2. The van der Waals surface area contributed by atoms with Gasteiger partial charge in [0, 0.05) is 36.4 Å². The van der Waals surface area contributed by atoms with Crippen LogP contribution in [-0.4, -0.2) is 47.3 Å². The number of nitrogens with zero attached hydrogens (tertiary/aromatic N) is 4. The number of hydrogen-bond donors (Lipinski definition) is 1. The summed E-state index contributed by atoms with van der Waals surface area (Å²) in [6, 6.07) is 12.7. The molecule has 1 saturated heterocycles. The highest BCUT2D eigenvalue weighted by Crippen LogP contribution is 2.23. The molecule has 3 aromatic rings. The first-order chi connectivity index (χ1) is 14.2. The summed E-state index contributed by atoms with van der Waals surface area (Å²) >= 11 is 5.94. The SMILES string of the molecule is O=C(Cc1ccncc1Nc1ccc(Cl)cc1)c1ccc(N2CCOCC2)nn1. The first-order valence-corrected chi connectivity index (χ1v) is 9.72. The molecule has 0 bridgehead atoms. The minimum atomic E-state index is -0.101. The molecular formula is C21H20ClN5O2. The molecule has 1 N–H and O–H groups in total. The molecule has 1 fully saturated rings. The molecule has 7 nitrogen and oxygen atoms in total. The molecule has 4 rings (SSSR count). The number of carbonyl (C=O) groups excluding carboxylic acids is 1. The molecule has 1 aliphatic heterocycles. The monoisotopic (exact) mass is 409 g/mol. The fourth-order valence-electron chi connectivity index (χ4n) is 3.08. The van der Waals surface area contributed by atoms with E-state index >= 15 is 0 Å². The molecule has 3 heterocycles. The number of morpholine rings is 1. The van der Waals surface area contributed by atoms with Crippen LogP contribution < -0.4 is 10.2 Å². The largest absolute Gasteiger partial charge is 0.378 e. The highest BCUT2D eigenvalue weighted by atomic mass is 35.5. The van der Waals surface area contributed by atoms with Gasteiger partial charge in [-0.1, -0.05) is 11.6 Å². The number of hydrogen-bond acceptors (Lipinski definition) is 7. The number of rotatable bonds is 6. The van der Waals surface area contributed by atoms with E-state index in [9.17, 15) is 4.79 Å². The average molecular weight is 410 g/mol. The van der Waals surface area contributed by atoms with Gasteiger partial charge < -0.3 is 15.0 Å². The fraction of sp³-hybridized carbons (Fsp3) is 0.238. The predicted molar refractivity (Wildman–Crippen MR) is 112 cm³/mol. The Hall–Kier alpha value is -3.03. The molecule has 8 heteroatoms. The van der Waals surface area contributed by atoms with Gasteiger partial charge in [0.15, 0.2) is 11.6 Å². The van der Waals surface area contributed by atoms with Crippen molar-refractivity contribution in [1.82, 2.24) is 15.2 Å². The fourth-order valence-corrected chi connectivity index (χ4v) is 3.20. The highest BCUT2D eigenvalue weighted by molar-refractivity contribution is 6.30. The zero-order valence-corrected chi connectivity index (χ0v) is 16.5.